The van der Waals surface area contributed by atoms with Gasteiger partial charge in [0.1, 0.15) is 0 Å². The van der Waals surface area contributed by atoms with Crippen molar-refractivity contribution < 1.29 is 0 Å². The highest BCUT2D eigenvalue weighted by Crippen LogP contribution is 2.65. The molecule has 3 aliphatic carbocycles. The molecule has 0 radical (unpaired) electrons. The van der Waals surface area contributed by atoms with Gasteiger partial charge in [0.15, 0.2) is 0 Å². The predicted octanol–water partition coefficient (Wildman–Crippen LogP) is 20.3. The van der Waals surface area contributed by atoms with E-state index in [2.05, 4.69) is 315 Å². The number of rotatable bonds is 9. The zero-order valence-electron chi connectivity index (χ0n) is 43.6. The topological polar surface area (TPSA) is 6.48 Å². The fourth-order valence-corrected chi connectivity index (χ4v) is 13.5. The van der Waals surface area contributed by atoms with Gasteiger partial charge in [0, 0.05) is 39.4 Å². The Kier molecular flexibility index (Phi) is 10.5. The van der Waals surface area contributed by atoms with Crippen LogP contribution in [0, 0.1) is 0 Å². The summed E-state index contributed by atoms with van der Waals surface area (Å²) >= 11 is 0. The molecule has 0 N–H and O–H groups in total. The first-order valence-electron chi connectivity index (χ1n) is 27.2. The molecule has 368 valence electrons. The number of anilines is 6. The lowest BCUT2D eigenvalue weighted by atomic mass is 9.70. The van der Waals surface area contributed by atoms with E-state index < -0.39 is 5.41 Å². The van der Waals surface area contributed by atoms with E-state index in [1.54, 1.807) is 0 Å². The Bertz CT molecular complexity index is 4220. The zero-order chi connectivity index (χ0) is 52.0. The second-order valence-electron chi connectivity index (χ2n) is 21.6. The molecule has 2 nitrogen and oxygen atoms in total. The summed E-state index contributed by atoms with van der Waals surface area (Å²) in [5.41, 5.74) is 28.4. The molecular formula is C76H54N2. The van der Waals surface area contributed by atoms with Gasteiger partial charge in [-0.25, -0.2) is 0 Å². The molecule has 1 atom stereocenters. The second kappa shape index (κ2) is 17.9. The van der Waals surface area contributed by atoms with Crippen molar-refractivity contribution in [3.05, 3.63) is 325 Å². The molecule has 12 aromatic rings. The van der Waals surface area contributed by atoms with Crippen LogP contribution in [-0.4, -0.2) is 0 Å². The molecule has 0 saturated carbocycles. The average Bonchev–Trinajstić information content (AvgIpc) is 4.17. The SMILES string of the molecule is CC1(C)c2ccccc2-c2cc(N(c3ccccc3)c3ccc4c(c3)C3(c5ccccc5-c5cc(-c6ccccc6)c(N(c6ccccc6)c6ccccc6)cc53)c3cc(-c5ccc(-c6ccccc6)cc5)ccc3-4)ccc21. The van der Waals surface area contributed by atoms with Crippen LogP contribution in [0.5, 0.6) is 0 Å². The minimum atomic E-state index is -0.709. The molecule has 0 aromatic heterocycles. The average molecular weight is 995 g/mol. The number of benzene rings is 12. The van der Waals surface area contributed by atoms with Crippen LogP contribution in [0.4, 0.5) is 34.1 Å². The van der Waals surface area contributed by atoms with Gasteiger partial charge in [-0.3, -0.25) is 0 Å². The summed E-state index contributed by atoms with van der Waals surface area (Å²) < 4.78 is 0. The lowest BCUT2D eigenvalue weighted by molar-refractivity contribution is 0.660. The van der Waals surface area contributed by atoms with Crippen LogP contribution in [-0.2, 0) is 10.8 Å². The monoisotopic (exact) mass is 994 g/mol. The lowest BCUT2D eigenvalue weighted by Gasteiger charge is -2.34. The number of hydrogen-bond acceptors (Lipinski definition) is 2. The zero-order valence-corrected chi connectivity index (χ0v) is 43.6. The molecule has 2 heteroatoms. The van der Waals surface area contributed by atoms with Gasteiger partial charge in [-0.1, -0.05) is 226 Å². The van der Waals surface area contributed by atoms with Crippen LogP contribution in [0.15, 0.2) is 291 Å². The van der Waals surface area contributed by atoms with Gasteiger partial charge in [-0.15, -0.1) is 0 Å². The fraction of sp³-hybridized carbons (Fsp3) is 0.0526. The molecule has 0 bridgehead atoms. The third kappa shape index (κ3) is 6.96. The van der Waals surface area contributed by atoms with Crippen LogP contribution in [0.25, 0.3) is 66.8 Å². The van der Waals surface area contributed by atoms with E-state index in [0.29, 0.717) is 0 Å². The van der Waals surface area contributed by atoms with E-state index in [1.165, 1.54) is 100 Å². The summed E-state index contributed by atoms with van der Waals surface area (Å²) in [4.78, 5) is 4.94. The maximum atomic E-state index is 2.55. The molecule has 0 fully saturated rings. The van der Waals surface area contributed by atoms with Crippen LogP contribution in [0.2, 0.25) is 0 Å². The van der Waals surface area contributed by atoms with Gasteiger partial charge in [0.25, 0.3) is 0 Å². The summed E-state index contributed by atoms with van der Waals surface area (Å²) in [5.74, 6) is 0. The summed E-state index contributed by atoms with van der Waals surface area (Å²) in [5, 5.41) is 0. The molecule has 1 unspecified atom stereocenters. The van der Waals surface area contributed by atoms with Crippen molar-refractivity contribution in [2.45, 2.75) is 24.7 Å². The summed E-state index contributed by atoms with van der Waals surface area (Å²) in [6.07, 6.45) is 0. The number of hydrogen-bond donors (Lipinski definition) is 0. The Labute approximate surface area is 457 Å². The van der Waals surface area contributed by atoms with Crippen molar-refractivity contribution in [2.75, 3.05) is 9.80 Å². The summed E-state index contributed by atoms with van der Waals surface area (Å²) in [7, 11) is 0. The minimum Gasteiger partial charge on any atom is -0.310 e. The highest BCUT2D eigenvalue weighted by atomic mass is 15.1. The van der Waals surface area contributed by atoms with Crippen LogP contribution in [0.1, 0.15) is 47.2 Å². The fourth-order valence-electron chi connectivity index (χ4n) is 13.5. The first-order valence-corrected chi connectivity index (χ1v) is 27.2. The van der Waals surface area contributed by atoms with Crippen LogP contribution >= 0.6 is 0 Å². The van der Waals surface area contributed by atoms with E-state index in [1.807, 2.05) is 0 Å². The molecule has 3 aliphatic rings. The highest BCUT2D eigenvalue weighted by molar-refractivity contribution is 6.01. The van der Waals surface area contributed by atoms with Gasteiger partial charge < -0.3 is 9.80 Å². The second-order valence-corrected chi connectivity index (χ2v) is 21.6. The smallest absolute Gasteiger partial charge is 0.0727 e. The number of nitrogens with zero attached hydrogens (tertiary/aromatic N) is 2. The van der Waals surface area contributed by atoms with Gasteiger partial charge >= 0.3 is 0 Å². The molecule has 0 heterocycles. The standard InChI is InChI=1S/C76H54N2/c1-75(2)68-34-20-18-32-61(68)66-47-59(42-45-69(66)75)77(56-26-12-5-13-27-56)60-41-44-64-63-43-40-55(53-38-36-52(37-39-53)51-22-8-3-9-23-51)46-71(63)76(72(64)48-60)70-35-21-19-33-62(70)67-49-65(54-24-10-4-11-25-54)74(50-73(67)76)78(57-28-14-6-15-29-57)58-30-16-7-17-31-58/h3-50H,1-2H3. The molecule has 0 aliphatic heterocycles. The van der Waals surface area contributed by atoms with E-state index in [0.717, 1.165) is 34.1 Å². The quantitative estimate of drug-likeness (QED) is 0.142. The molecule has 78 heavy (non-hydrogen) atoms. The van der Waals surface area contributed by atoms with Gasteiger partial charge in [-0.05, 0) is 173 Å². The molecular weight excluding hydrogens is 941 g/mol. The van der Waals surface area contributed by atoms with E-state index in [-0.39, 0.29) is 5.41 Å². The summed E-state index contributed by atoms with van der Waals surface area (Å²) in [6, 6.07) is 108. The Hall–Kier alpha value is -9.76. The van der Waals surface area contributed by atoms with Gasteiger partial charge in [0.05, 0.1) is 11.1 Å². The first-order chi connectivity index (χ1) is 38.4. The normalized spacial score (nSPS) is 14.7. The Morgan fingerprint density at radius 2 is 0.615 bits per heavy atom. The van der Waals surface area contributed by atoms with Crippen molar-refractivity contribution in [1.82, 2.24) is 0 Å². The van der Waals surface area contributed by atoms with E-state index in [4.69, 9.17) is 0 Å². The molecule has 15 rings (SSSR count). The maximum Gasteiger partial charge on any atom is 0.0727 e. The van der Waals surface area contributed by atoms with Gasteiger partial charge in [-0.2, -0.15) is 0 Å². The largest absolute Gasteiger partial charge is 0.310 e. The Balaban J connectivity index is 1.01. The number of para-hydroxylation sites is 3. The summed E-state index contributed by atoms with van der Waals surface area (Å²) in [6.45, 7) is 4.72. The molecule has 1 spiro atoms. The molecule has 12 aromatic carbocycles. The highest BCUT2D eigenvalue weighted by Gasteiger charge is 2.53. The van der Waals surface area contributed by atoms with Crippen molar-refractivity contribution in [2.24, 2.45) is 0 Å². The third-order valence-corrected chi connectivity index (χ3v) is 17.1. The van der Waals surface area contributed by atoms with Crippen LogP contribution in [0.3, 0.4) is 0 Å². The first kappa shape index (κ1) is 45.6. The van der Waals surface area contributed by atoms with E-state index in [9.17, 15) is 0 Å². The van der Waals surface area contributed by atoms with Gasteiger partial charge in [0.2, 0.25) is 0 Å². The van der Waals surface area contributed by atoms with Crippen molar-refractivity contribution >= 4 is 34.1 Å². The number of fused-ring (bicyclic) bond motifs is 13. The third-order valence-electron chi connectivity index (χ3n) is 17.1. The molecule has 0 saturated heterocycles. The minimum absolute atomic E-state index is 0.102. The van der Waals surface area contributed by atoms with Crippen molar-refractivity contribution in [3.63, 3.8) is 0 Å². The van der Waals surface area contributed by atoms with Crippen molar-refractivity contribution in [1.29, 1.82) is 0 Å². The van der Waals surface area contributed by atoms with Crippen LogP contribution < -0.4 is 9.80 Å². The molecule has 0 amide bonds. The van der Waals surface area contributed by atoms with E-state index >= 15 is 0 Å². The Morgan fingerprint density at radius 1 is 0.218 bits per heavy atom. The van der Waals surface area contributed by atoms with Crippen molar-refractivity contribution in [3.8, 4) is 66.8 Å². The predicted molar refractivity (Wildman–Crippen MR) is 326 cm³/mol. The lowest BCUT2D eigenvalue weighted by Crippen LogP contribution is -2.27. The maximum absolute atomic E-state index is 2.55. The Morgan fingerprint density at radius 3 is 1.24 bits per heavy atom.